The minimum absolute atomic E-state index is 0.0280. The first-order chi connectivity index (χ1) is 15.5. The molecule has 7 heteroatoms. The Balaban J connectivity index is 1.23. The maximum Gasteiger partial charge on any atom is 0.257 e. The number of likely N-dealkylation sites (tertiary alicyclic amines) is 2. The molecule has 5 rings (SSSR count). The molecule has 1 aromatic heterocycles. The summed E-state index contributed by atoms with van der Waals surface area (Å²) in [5.41, 5.74) is 3.23. The van der Waals surface area contributed by atoms with E-state index in [1.54, 1.807) is 0 Å². The highest BCUT2D eigenvalue weighted by molar-refractivity contribution is 5.97. The summed E-state index contributed by atoms with van der Waals surface area (Å²) in [5.74, 6) is 0.0969. The van der Waals surface area contributed by atoms with Crippen LogP contribution in [0.1, 0.15) is 60.3 Å². The summed E-state index contributed by atoms with van der Waals surface area (Å²) >= 11 is 0. The van der Waals surface area contributed by atoms with E-state index in [2.05, 4.69) is 5.10 Å². The van der Waals surface area contributed by atoms with Gasteiger partial charge in [0.1, 0.15) is 6.61 Å². The number of aromatic nitrogens is 2. The van der Waals surface area contributed by atoms with Gasteiger partial charge in [-0.1, -0.05) is 37.5 Å². The largest absolute Gasteiger partial charge is 0.368 e. The summed E-state index contributed by atoms with van der Waals surface area (Å²) in [6.07, 6.45) is 6.89. The van der Waals surface area contributed by atoms with Gasteiger partial charge in [0.15, 0.2) is 0 Å². The fraction of sp³-hybridized carbons (Fsp3) is 0.560. The monoisotopic (exact) mass is 436 g/mol. The Morgan fingerprint density at radius 2 is 1.69 bits per heavy atom. The molecule has 170 valence electrons. The summed E-state index contributed by atoms with van der Waals surface area (Å²) in [6, 6.07) is 10.1. The number of carbonyl (C=O) groups excluding carboxylic acids is 2. The van der Waals surface area contributed by atoms with Crippen LogP contribution in [-0.4, -0.2) is 69.3 Å². The SMILES string of the molecule is Cc1nn(-c2ccccc2)c(C)c1C(=O)N1C[C@@H]2C[C@H]1CN2C(=O)COC1CCCCC1. The van der Waals surface area contributed by atoms with E-state index in [-0.39, 0.29) is 36.6 Å². The topological polar surface area (TPSA) is 67.7 Å². The van der Waals surface area contributed by atoms with Gasteiger partial charge in [-0.3, -0.25) is 9.59 Å². The third-order valence-corrected chi connectivity index (χ3v) is 7.32. The number of aryl methyl sites for hydroxylation is 1. The Bertz CT molecular complexity index is 996. The van der Waals surface area contributed by atoms with Gasteiger partial charge in [0, 0.05) is 13.1 Å². The van der Waals surface area contributed by atoms with Gasteiger partial charge >= 0.3 is 0 Å². The van der Waals surface area contributed by atoms with Gasteiger partial charge < -0.3 is 14.5 Å². The molecule has 7 nitrogen and oxygen atoms in total. The molecule has 2 aromatic rings. The van der Waals surface area contributed by atoms with Crippen LogP contribution >= 0.6 is 0 Å². The van der Waals surface area contributed by atoms with Crippen LogP contribution in [0.2, 0.25) is 0 Å². The molecule has 3 heterocycles. The fourth-order valence-corrected chi connectivity index (χ4v) is 5.64. The molecular weight excluding hydrogens is 404 g/mol. The summed E-state index contributed by atoms with van der Waals surface area (Å²) in [7, 11) is 0. The quantitative estimate of drug-likeness (QED) is 0.722. The van der Waals surface area contributed by atoms with Gasteiger partial charge in [0.05, 0.1) is 40.8 Å². The molecule has 1 aromatic carbocycles. The lowest BCUT2D eigenvalue weighted by Crippen LogP contribution is -2.51. The first-order valence-corrected chi connectivity index (χ1v) is 11.9. The second kappa shape index (κ2) is 8.70. The number of hydrogen-bond acceptors (Lipinski definition) is 4. The molecule has 2 aliphatic heterocycles. The predicted octanol–water partition coefficient (Wildman–Crippen LogP) is 3.26. The highest BCUT2D eigenvalue weighted by atomic mass is 16.5. The van der Waals surface area contributed by atoms with Crippen LogP contribution in [0.5, 0.6) is 0 Å². The van der Waals surface area contributed by atoms with Crippen molar-refractivity contribution in [3.63, 3.8) is 0 Å². The standard InChI is InChI=1S/C25H32N4O3/c1-17-24(18(2)29(26-17)19-9-5-3-6-10-19)25(31)28-15-20-13-21(28)14-27(20)23(30)16-32-22-11-7-4-8-12-22/h3,5-6,9-10,20-22H,4,7-8,11-16H2,1-2H3/t20-,21-/m0/s1. The molecular formula is C25H32N4O3. The van der Waals surface area contributed by atoms with Crippen molar-refractivity contribution in [2.24, 2.45) is 0 Å². The Labute approximate surface area is 189 Å². The molecule has 32 heavy (non-hydrogen) atoms. The summed E-state index contributed by atoms with van der Waals surface area (Å²) in [6.45, 7) is 5.21. The molecule has 3 fully saturated rings. The molecule has 0 N–H and O–H groups in total. The second-order valence-corrected chi connectivity index (χ2v) is 9.41. The lowest BCUT2D eigenvalue weighted by Gasteiger charge is -2.34. The predicted molar refractivity (Wildman–Crippen MR) is 121 cm³/mol. The van der Waals surface area contributed by atoms with Gasteiger partial charge in [-0.15, -0.1) is 0 Å². The number of amides is 2. The maximum absolute atomic E-state index is 13.5. The Kier molecular flexibility index (Phi) is 5.76. The first-order valence-electron chi connectivity index (χ1n) is 11.9. The summed E-state index contributed by atoms with van der Waals surface area (Å²) in [5, 5.41) is 4.63. The Morgan fingerprint density at radius 1 is 1.00 bits per heavy atom. The number of ether oxygens (including phenoxy) is 1. The van der Waals surface area contributed by atoms with Crippen LogP contribution in [0.15, 0.2) is 30.3 Å². The van der Waals surface area contributed by atoms with Crippen molar-refractivity contribution in [1.82, 2.24) is 19.6 Å². The van der Waals surface area contributed by atoms with E-state index in [1.165, 1.54) is 19.3 Å². The average molecular weight is 437 g/mol. The lowest BCUT2D eigenvalue weighted by molar-refractivity contribution is -0.140. The summed E-state index contributed by atoms with van der Waals surface area (Å²) in [4.78, 5) is 30.1. The fourth-order valence-electron chi connectivity index (χ4n) is 5.64. The van der Waals surface area contributed by atoms with Gasteiger partial charge in [0.25, 0.3) is 5.91 Å². The van der Waals surface area contributed by atoms with Gasteiger partial charge in [0.2, 0.25) is 5.91 Å². The second-order valence-electron chi connectivity index (χ2n) is 9.41. The number of para-hydroxylation sites is 1. The van der Waals surface area contributed by atoms with Crippen molar-refractivity contribution < 1.29 is 14.3 Å². The number of rotatable bonds is 5. The van der Waals surface area contributed by atoms with Crippen molar-refractivity contribution >= 4 is 11.8 Å². The summed E-state index contributed by atoms with van der Waals surface area (Å²) < 4.78 is 7.74. The number of piperazine rings is 1. The minimum atomic E-state index is 0.0280. The molecule has 0 spiro atoms. The zero-order chi connectivity index (χ0) is 22.2. The van der Waals surface area contributed by atoms with Crippen LogP contribution < -0.4 is 0 Å². The van der Waals surface area contributed by atoms with E-state index >= 15 is 0 Å². The van der Waals surface area contributed by atoms with Crippen LogP contribution in [0.25, 0.3) is 5.69 Å². The van der Waals surface area contributed by atoms with Crippen LogP contribution in [0, 0.1) is 13.8 Å². The van der Waals surface area contributed by atoms with Crippen molar-refractivity contribution in [3.8, 4) is 5.69 Å². The molecule has 0 radical (unpaired) electrons. The molecule has 2 saturated heterocycles. The van der Waals surface area contributed by atoms with Crippen molar-refractivity contribution in [2.75, 3.05) is 19.7 Å². The van der Waals surface area contributed by atoms with Gasteiger partial charge in [-0.25, -0.2) is 4.68 Å². The smallest absolute Gasteiger partial charge is 0.257 e. The zero-order valence-corrected chi connectivity index (χ0v) is 19.0. The lowest BCUT2D eigenvalue weighted by atomic mass is 9.98. The van der Waals surface area contributed by atoms with E-state index in [4.69, 9.17) is 4.74 Å². The van der Waals surface area contributed by atoms with Crippen molar-refractivity contribution in [3.05, 3.63) is 47.3 Å². The molecule has 2 bridgehead atoms. The molecule has 2 amide bonds. The van der Waals surface area contributed by atoms with Crippen molar-refractivity contribution in [2.45, 2.75) is 70.6 Å². The van der Waals surface area contributed by atoms with E-state index in [0.29, 0.717) is 18.7 Å². The first kappa shape index (κ1) is 21.2. The van der Waals surface area contributed by atoms with Crippen molar-refractivity contribution in [1.29, 1.82) is 0 Å². The van der Waals surface area contributed by atoms with Gasteiger partial charge in [-0.05, 0) is 45.2 Å². The highest BCUT2D eigenvalue weighted by Gasteiger charge is 2.47. The van der Waals surface area contributed by atoms with E-state index in [0.717, 1.165) is 36.3 Å². The third kappa shape index (κ3) is 3.83. The Morgan fingerprint density at radius 3 is 2.38 bits per heavy atom. The molecule has 3 aliphatic rings. The molecule has 1 aliphatic carbocycles. The number of nitrogens with zero attached hydrogens (tertiary/aromatic N) is 4. The normalized spacial score (nSPS) is 23.2. The van der Waals surface area contributed by atoms with E-state index < -0.39 is 0 Å². The number of fused-ring (bicyclic) bond motifs is 2. The van der Waals surface area contributed by atoms with Crippen LogP contribution in [-0.2, 0) is 9.53 Å². The maximum atomic E-state index is 13.5. The average Bonchev–Trinajstić information content (AvgIpc) is 3.51. The molecule has 2 atom stereocenters. The molecule has 0 unspecified atom stereocenters. The third-order valence-electron chi connectivity index (χ3n) is 7.32. The number of benzene rings is 1. The van der Waals surface area contributed by atoms with Crippen LogP contribution in [0.3, 0.4) is 0 Å². The highest BCUT2D eigenvalue weighted by Crippen LogP contribution is 2.33. The zero-order valence-electron chi connectivity index (χ0n) is 19.0. The number of carbonyl (C=O) groups is 2. The number of hydrogen-bond donors (Lipinski definition) is 0. The molecule has 1 saturated carbocycles. The Hall–Kier alpha value is -2.67. The van der Waals surface area contributed by atoms with E-state index in [1.807, 2.05) is 58.7 Å². The minimum Gasteiger partial charge on any atom is -0.368 e. The van der Waals surface area contributed by atoms with Gasteiger partial charge in [-0.2, -0.15) is 5.10 Å². The van der Waals surface area contributed by atoms with E-state index in [9.17, 15) is 9.59 Å². The van der Waals surface area contributed by atoms with Crippen LogP contribution in [0.4, 0.5) is 0 Å².